The molecule has 0 aliphatic heterocycles. The molecule has 0 radical (unpaired) electrons. The molecule has 0 fully saturated rings. The largest absolute Gasteiger partial charge is 0.399 e. The number of nitriles is 1. The monoisotopic (exact) mass is 184 g/mol. The lowest BCUT2D eigenvalue weighted by Gasteiger charge is -2.20. The van der Waals surface area contributed by atoms with Crippen molar-refractivity contribution in [3.8, 4) is 6.07 Å². The lowest BCUT2D eigenvalue weighted by atomic mass is 9.80. The molecule has 2 nitrogen and oxygen atoms in total. The van der Waals surface area contributed by atoms with Gasteiger partial charge in [-0.25, -0.2) is 0 Å². The minimum Gasteiger partial charge on any atom is -0.399 e. The Balaban J connectivity index is 2.43. The maximum atomic E-state index is 9.23. The van der Waals surface area contributed by atoms with E-state index >= 15 is 0 Å². The number of rotatable bonds is 1. The van der Waals surface area contributed by atoms with E-state index in [2.05, 4.69) is 18.2 Å². The first kappa shape index (κ1) is 8.83. The Kier molecular flexibility index (Phi) is 2.01. The molecule has 0 heterocycles. The first-order valence-electron chi connectivity index (χ1n) is 4.69. The second kappa shape index (κ2) is 3.19. The van der Waals surface area contributed by atoms with Gasteiger partial charge in [-0.15, -0.1) is 0 Å². The van der Waals surface area contributed by atoms with Crippen LogP contribution in [0.2, 0.25) is 0 Å². The summed E-state index contributed by atoms with van der Waals surface area (Å²) in [5.74, 6) is 0. The fraction of sp³-hybridized carbons (Fsp3) is 0.250. The van der Waals surface area contributed by atoms with Crippen LogP contribution in [-0.4, -0.2) is 0 Å². The Morgan fingerprint density at radius 1 is 1.29 bits per heavy atom. The molecule has 0 bridgehead atoms. The van der Waals surface area contributed by atoms with E-state index in [1.54, 1.807) is 0 Å². The topological polar surface area (TPSA) is 49.8 Å². The zero-order valence-corrected chi connectivity index (χ0v) is 7.90. The van der Waals surface area contributed by atoms with E-state index in [1.165, 1.54) is 0 Å². The summed E-state index contributed by atoms with van der Waals surface area (Å²) in [5.41, 5.74) is 7.10. The highest BCUT2D eigenvalue weighted by Gasteiger charge is 2.32. The number of hydrogen-bond donors (Lipinski definition) is 1. The van der Waals surface area contributed by atoms with Crippen LogP contribution >= 0.6 is 0 Å². The molecule has 1 aliphatic rings. The van der Waals surface area contributed by atoms with Gasteiger partial charge in [-0.3, -0.25) is 0 Å². The lowest BCUT2D eigenvalue weighted by molar-refractivity contribution is 0.597. The number of anilines is 1. The quantitative estimate of drug-likeness (QED) is 0.538. The van der Waals surface area contributed by atoms with Crippen LogP contribution in [0.15, 0.2) is 36.4 Å². The molecule has 1 aliphatic carbocycles. The Bertz CT molecular complexity index is 405. The van der Waals surface area contributed by atoms with E-state index in [4.69, 9.17) is 5.73 Å². The van der Waals surface area contributed by atoms with Gasteiger partial charge in [-0.1, -0.05) is 24.3 Å². The van der Waals surface area contributed by atoms with E-state index in [0.717, 1.165) is 24.1 Å². The fourth-order valence-corrected chi connectivity index (χ4v) is 1.88. The van der Waals surface area contributed by atoms with Crippen molar-refractivity contribution in [1.29, 1.82) is 5.26 Å². The van der Waals surface area contributed by atoms with Gasteiger partial charge in [0.1, 0.15) is 0 Å². The van der Waals surface area contributed by atoms with Gasteiger partial charge in [0.2, 0.25) is 0 Å². The minimum atomic E-state index is -0.366. The van der Waals surface area contributed by atoms with Crippen molar-refractivity contribution in [1.82, 2.24) is 0 Å². The Labute approximate surface area is 83.7 Å². The predicted molar refractivity (Wildman–Crippen MR) is 56.5 cm³/mol. The molecule has 0 atom stereocenters. The third-order valence-corrected chi connectivity index (χ3v) is 2.75. The van der Waals surface area contributed by atoms with Crippen molar-refractivity contribution >= 4 is 5.69 Å². The lowest BCUT2D eigenvalue weighted by Crippen LogP contribution is -2.19. The molecule has 0 saturated heterocycles. The highest BCUT2D eigenvalue weighted by molar-refractivity contribution is 5.47. The first-order valence-corrected chi connectivity index (χ1v) is 4.69. The molecule has 1 aromatic rings. The number of nitrogen functional groups attached to an aromatic ring is 1. The zero-order chi connectivity index (χ0) is 10.0. The molecule has 0 unspecified atom stereocenters. The molecule has 2 heteroatoms. The van der Waals surface area contributed by atoms with Gasteiger partial charge in [0.15, 0.2) is 0 Å². The Morgan fingerprint density at radius 3 is 2.57 bits per heavy atom. The van der Waals surface area contributed by atoms with Gasteiger partial charge in [-0.05, 0) is 30.5 Å². The van der Waals surface area contributed by atoms with Crippen LogP contribution in [0.5, 0.6) is 0 Å². The summed E-state index contributed by atoms with van der Waals surface area (Å²) >= 11 is 0. The predicted octanol–water partition coefficient (Wildman–Crippen LogP) is 2.38. The average Bonchev–Trinajstić information content (AvgIpc) is 2.67. The van der Waals surface area contributed by atoms with E-state index in [9.17, 15) is 5.26 Å². The summed E-state index contributed by atoms with van der Waals surface area (Å²) < 4.78 is 0. The number of hydrogen-bond acceptors (Lipinski definition) is 2. The van der Waals surface area contributed by atoms with Crippen LogP contribution in [0.4, 0.5) is 5.69 Å². The summed E-state index contributed by atoms with van der Waals surface area (Å²) in [7, 11) is 0. The van der Waals surface area contributed by atoms with Crippen molar-refractivity contribution in [3.05, 3.63) is 42.0 Å². The number of benzene rings is 1. The molecular formula is C12H12N2. The van der Waals surface area contributed by atoms with Gasteiger partial charge >= 0.3 is 0 Å². The smallest absolute Gasteiger partial charge is 0.0891 e. The fourth-order valence-electron chi connectivity index (χ4n) is 1.88. The highest BCUT2D eigenvalue weighted by Crippen LogP contribution is 2.36. The van der Waals surface area contributed by atoms with Crippen molar-refractivity contribution in [2.24, 2.45) is 0 Å². The van der Waals surface area contributed by atoms with Crippen molar-refractivity contribution in [2.45, 2.75) is 18.3 Å². The molecule has 14 heavy (non-hydrogen) atoms. The zero-order valence-electron chi connectivity index (χ0n) is 7.90. The summed E-state index contributed by atoms with van der Waals surface area (Å²) in [6.45, 7) is 0. The third-order valence-electron chi connectivity index (χ3n) is 2.75. The van der Waals surface area contributed by atoms with Crippen LogP contribution in [0.3, 0.4) is 0 Å². The Hall–Kier alpha value is -1.75. The third kappa shape index (κ3) is 1.27. The Morgan fingerprint density at radius 2 is 2.00 bits per heavy atom. The number of nitrogens with zero attached hydrogens (tertiary/aromatic N) is 1. The number of nitrogens with two attached hydrogens (primary N) is 1. The van der Waals surface area contributed by atoms with Gasteiger partial charge in [0, 0.05) is 5.69 Å². The maximum Gasteiger partial charge on any atom is 0.0891 e. The standard InChI is InChI=1S/C12H12N2/c13-9-12(6-1-2-7-12)10-4-3-5-11(14)8-10/h1-5,8H,6-7,14H2. The summed E-state index contributed by atoms with van der Waals surface area (Å²) in [6.07, 6.45) is 5.72. The van der Waals surface area contributed by atoms with Gasteiger partial charge < -0.3 is 5.73 Å². The highest BCUT2D eigenvalue weighted by atomic mass is 14.5. The second-order valence-electron chi connectivity index (χ2n) is 3.70. The molecule has 70 valence electrons. The maximum absolute atomic E-state index is 9.23. The van der Waals surface area contributed by atoms with E-state index < -0.39 is 0 Å². The molecule has 0 saturated carbocycles. The minimum absolute atomic E-state index is 0.366. The molecule has 0 spiro atoms. The van der Waals surface area contributed by atoms with Gasteiger partial charge in [0.25, 0.3) is 0 Å². The summed E-state index contributed by atoms with van der Waals surface area (Å²) in [5, 5.41) is 9.23. The summed E-state index contributed by atoms with van der Waals surface area (Å²) in [4.78, 5) is 0. The second-order valence-corrected chi connectivity index (χ2v) is 3.70. The van der Waals surface area contributed by atoms with Gasteiger partial charge in [-0.2, -0.15) is 5.26 Å². The molecule has 0 amide bonds. The first-order chi connectivity index (χ1) is 6.77. The van der Waals surface area contributed by atoms with Crippen molar-refractivity contribution in [2.75, 3.05) is 5.73 Å². The van der Waals surface area contributed by atoms with Crippen LogP contribution in [0.25, 0.3) is 0 Å². The van der Waals surface area contributed by atoms with Crippen LogP contribution in [-0.2, 0) is 5.41 Å². The van der Waals surface area contributed by atoms with Crippen LogP contribution < -0.4 is 5.73 Å². The molecule has 2 rings (SSSR count). The SMILES string of the molecule is N#CC1(c2cccc(N)c2)CC=CC1. The van der Waals surface area contributed by atoms with E-state index in [1.807, 2.05) is 24.3 Å². The van der Waals surface area contributed by atoms with E-state index in [0.29, 0.717) is 0 Å². The molecule has 1 aromatic carbocycles. The van der Waals surface area contributed by atoms with Crippen LogP contribution in [0, 0.1) is 11.3 Å². The molecule has 0 aromatic heterocycles. The molecule has 2 N–H and O–H groups in total. The van der Waals surface area contributed by atoms with Crippen molar-refractivity contribution < 1.29 is 0 Å². The van der Waals surface area contributed by atoms with Gasteiger partial charge in [0.05, 0.1) is 11.5 Å². The van der Waals surface area contributed by atoms with Crippen molar-refractivity contribution in [3.63, 3.8) is 0 Å². The normalized spacial score (nSPS) is 17.9. The van der Waals surface area contributed by atoms with Crippen LogP contribution in [0.1, 0.15) is 18.4 Å². The average molecular weight is 184 g/mol. The molecular weight excluding hydrogens is 172 g/mol. The summed E-state index contributed by atoms with van der Waals surface area (Å²) in [6, 6.07) is 10.0. The van der Waals surface area contributed by atoms with E-state index in [-0.39, 0.29) is 5.41 Å². The number of allylic oxidation sites excluding steroid dienone is 2.